The number of fused-ring (bicyclic) bond motifs is 2. The van der Waals surface area contributed by atoms with Crippen LogP contribution < -0.4 is 25.6 Å². The summed E-state index contributed by atoms with van der Waals surface area (Å²) in [6.45, 7) is 2.01. The normalized spacial score (nSPS) is 14.5. The summed E-state index contributed by atoms with van der Waals surface area (Å²) in [6.07, 6.45) is 0.756. The van der Waals surface area contributed by atoms with Crippen molar-refractivity contribution in [3.63, 3.8) is 0 Å². The Hall–Kier alpha value is -3.86. The highest BCUT2D eigenvalue weighted by Crippen LogP contribution is 2.28. The number of anilines is 1. The van der Waals surface area contributed by atoms with E-state index >= 15 is 0 Å². The maximum Gasteiger partial charge on any atom is 0.344 e. The average Bonchev–Trinajstić information content (AvgIpc) is 3.21. The summed E-state index contributed by atoms with van der Waals surface area (Å²) in [5.74, 6) is 0.00603. The van der Waals surface area contributed by atoms with E-state index in [1.165, 1.54) is 0 Å². The van der Waals surface area contributed by atoms with Gasteiger partial charge in [-0.15, -0.1) is 0 Å². The summed E-state index contributed by atoms with van der Waals surface area (Å²) in [5, 5.41) is 1.24. The number of rotatable bonds is 3. The van der Waals surface area contributed by atoms with Crippen LogP contribution in [-0.4, -0.2) is 11.9 Å². The van der Waals surface area contributed by atoms with Crippen molar-refractivity contribution in [3.05, 3.63) is 87.8 Å². The number of nitrogens with two attached hydrogens (primary N) is 1. The fourth-order valence-electron chi connectivity index (χ4n) is 3.86. The molecule has 142 valence electrons. The molecule has 0 saturated carbocycles. The van der Waals surface area contributed by atoms with Gasteiger partial charge in [0.1, 0.15) is 11.5 Å². The molecule has 29 heavy (non-hydrogen) atoms. The second-order valence-electron chi connectivity index (χ2n) is 7.01. The molecule has 0 fully saturated rings. The number of hydrogen-bond acceptors (Lipinski definition) is 5. The lowest BCUT2D eigenvalue weighted by atomic mass is 9.98. The molecule has 0 atom stereocenters. The molecular formula is C24H17NO4. The number of carbonyl (C=O) groups is 2. The quantitative estimate of drug-likeness (QED) is 0.426. The summed E-state index contributed by atoms with van der Waals surface area (Å²) in [7, 11) is 0. The van der Waals surface area contributed by atoms with Crippen LogP contribution in [0.25, 0.3) is 11.1 Å². The highest BCUT2D eigenvalue weighted by Gasteiger charge is 2.30. The zero-order valence-corrected chi connectivity index (χ0v) is 15.7. The lowest BCUT2D eigenvalue weighted by Gasteiger charge is -2.06. The standard InChI is InChI=1S/C24H17NO4/c1-2-13-10-15(8-9-18(13)25)22-17-12-19-16(11-20(17)29-24(22)27)21(23(26)28-19)14-6-4-3-5-7-14/h3-12H,2,25H2,1H3. The van der Waals surface area contributed by atoms with Crippen LogP contribution in [0.15, 0.2) is 60.7 Å². The molecule has 0 spiro atoms. The molecule has 3 aromatic carbocycles. The summed E-state index contributed by atoms with van der Waals surface area (Å²) >= 11 is 0. The summed E-state index contributed by atoms with van der Waals surface area (Å²) in [6, 6.07) is 18.2. The van der Waals surface area contributed by atoms with Gasteiger partial charge in [-0.2, -0.15) is 0 Å². The Kier molecular flexibility index (Phi) is 3.77. The minimum absolute atomic E-state index is 0.413. The Morgan fingerprint density at radius 2 is 1.34 bits per heavy atom. The molecule has 0 radical (unpaired) electrons. The van der Waals surface area contributed by atoms with Crippen LogP contribution >= 0.6 is 0 Å². The van der Waals surface area contributed by atoms with Crippen LogP contribution in [-0.2, 0) is 16.0 Å². The number of aryl methyl sites for hydroxylation is 1. The molecule has 0 aromatic heterocycles. The molecule has 0 amide bonds. The van der Waals surface area contributed by atoms with Gasteiger partial charge >= 0.3 is 11.9 Å². The lowest BCUT2D eigenvalue weighted by Crippen LogP contribution is -2.11. The molecule has 0 aliphatic carbocycles. The van der Waals surface area contributed by atoms with Crippen molar-refractivity contribution < 1.29 is 19.1 Å². The summed E-state index contributed by atoms with van der Waals surface area (Å²) < 4.78 is 11.0. The van der Waals surface area contributed by atoms with Crippen molar-refractivity contribution in [1.29, 1.82) is 0 Å². The van der Waals surface area contributed by atoms with E-state index in [9.17, 15) is 9.59 Å². The second-order valence-corrected chi connectivity index (χ2v) is 7.01. The topological polar surface area (TPSA) is 78.6 Å². The second kappa shape index (κ2) is 6.34. The smallest absolute Gasteiger partial charge is 0.344 e. The summed E-state index contributed by atoms with van der Waals surface area (Å²) in [4.78, 5) is 25.2. The van der Waals surface area contributed by atoms with Crippen LogP contribution in [0, 0.1) is 0 Å². The van der Waals surface area contributed by atoms with Gasteiger partial charge in [0.15, 0.2) is 0 Å². The molecule has 2 N–H and O–H groups in total. The number of esters is 2. The van der Waals surface area contributed by atoms with Gasteiger partial charge in [0.2, 0.25) is 0 Å². The van der Waals surface area contributed by atoms with Crippen molar-refractivity contribution in [2.45, 2.75) is 13.3 Å². The van der Waals surface area contributed by atoms with Crippen LogP contribution in [0.3, 0.4) is 0 Å². The van der Waals surface area contributed by atoms with Crippen molar-refractivity contribution in [1.82, 2.24) is 0 Å². The van der Waals surface area contributed by atoms with Gasteiger partial charge in [-0.1, -0.05) is 43.3 Å². The third-order valence-corrected chi connectivity index (χ3v) is 5.31. The van der Waals surface area contributed by atoms with Crippen molar-refractivity contribution >= 4 is 28.8 Å². The van der Waals surface area contributed by atoms with E-state index in [0.717, 1.165) is 23.1 Å². The maximum absolute atomic E-state index is 12.7. The summed E-state index contributed by atoms with van der Waals surface area (Å²) in [5.41, 5.74) is 10.1. The molecule has 5 heteroatoms. The van der Waals surface area contributed by atoms with E-state index in [1.807, 2.05) is 43.3 Å². The van der Waals surface area contributed by atoms with E-state index in [2.05, 4.69) is 0 Å². The molecule has 2 aliphatic heterocycles. The molecule has 3 aromatic rings. The van der Waals surface area contributed by atoms with Gasteiger partial charge in [-0.3, -0.25) is 0 Å². The highest BCUT2D eigenvalue weighted by molar-refractivity contribution is 6.21. The minimum Gasteiger partial charge on any atom is -0.422 e. The van der Waals surface area contributed by atoms with Crippen molar-refractivity contribution in [2.75, 3.05) is 5.73 Å². The van der Waals surface area contributed by atoms with E-state index in [0.29, 0.717) is 38.8 Å². The molecule has 5 nitrogen and oxygen atoms in total. The van der Waals surface area contributed by atoms with Gasteiger partial charge in [0.05, 0.1) is 11.1 Å². The molecule has 0 unspecified atom stereocenters. The predicted octanol–water partition coefficient (Wildman–Crippen LogP) is 2.07. The third-order valence-electron chi connectivity index (χ3n) is 5.31. The zero-order chi connectivity index (χ0) is 20.1. The van der Waals surface area contributed by atoms with Crippen LogP contribution in [0.4, 0.5) is 5.69 Å². The molecule has 5 rings (SSSR count). The fourth-order valence-corrected chi connectivity index (χ4v) is 3.86. The zero-order valence-electron chi connectivity index (χ0n) is 15.7. The molecule has 2 aliphatic rings. The molecular weight excluding hydrogens is 366 g/mol. The fraction of sp³-hybridized carbons (Fsp3) is 0.0833. The van der Waals surface area contributed by atoms with E-state index in [1.54, 1.807) is 24.3 Å². The number of nitrogen functional groups attached to an aromatic ring is 1. The Balaban J connectivity index is 1.77. The SMILES string of the molecule is CCc1cc(C2=c3cc4c(cc3OC2=O)=C(c2ccccc2)C(=O)O4)ccc1N. The van der Waals surface area contributed by atoms with Gasteiger partial charge in [-0.05, 0) is 47.4 Å². The first-order valence-corrected chi connectivity index (χ1v) is 9.38. The number of benzene rings is 3. The first-order valence-electron chi connectivity index (χ1n) is 9.38. The highest BCUT2D eigenvalue weighted by atomic mass is 16.5. The van der Waals surface area contributed by atoms with E-state index in [-0.39, 0.29) is 0 Å². The first-order chi connectivity index (χ1) is 14.1. The predicted molar refractivity (Wildman–Crippen MR) is 109 cm³/mol. The van der Waals surface area contributed by atoms with E-state index in [4.69, 9.17) is 15.2 Å². The molecule has 0 saturated heterocycles. The minimum atomic E-state index is -0.428. The van der Waals surface area contributed by atoms with Gasteiger partial charge in [0.25, 0.3) is 0 Å². The van der Waals surface area contributed by atoms with Crippen LogP contribution in [0.1, 0.15) is 23.6 Å². The number of ether oxygens (including phenoxy) is 2. The Bertz CT molecular complexity index is 1320. The van der Waals surface area contributed by atoms with Crippen molar-refractivity contribution in [2.24, 2.45) is 0 Å². The van der Waals surface area contributed by atoms with E-state index < -0.39 is 11.9 Å². The van der Waals surface area contributed by atoms with Crippen LogP contribution in [0.5, 0.6) is 11.5 Å². The van der Waals surface area contributed by atoms with Gasteiger partial charge in [0, 0.05) is 16.1 Å². The van der Waals surface area contributed by atoms with Crippen molar-refractivity contribution in [3.8, 4) is 11.5 Å². The van der Waals surface area contributed by atoms with Crippen LogP contribution in [0.2, 0.25) is 0 Å². The first kappa shape index (κ1) is 17.3. The molecule has 0 bridgehead atoms. The van der Waals surface area contributed by atoms with Gasteiger partial charge < -0.3 is 15.2 Å². The van der Waals surface area contributed by atoms with Gasteiger partial charge in [-0.25, -0.2) is 9.59 Å². The Morgan fingerprint density at radius 3 is 1.93 bits per heavy atom. The maximum atomic E-state index is 12.7. The lowest BCUT2D eigenvalue weighted by molar-refractivity contribution is -0.128. The third kappa shape index (κ3) is 2.63. The monoisotopic (exact) mass is 383 g/mol. The Morgan fingerprint density at radius 1 is 0.759 bits per heavy atom. The number of carbonyl (C=O) groups excluding carboxylic acids is 2. The largest absolute Gasteiger partial charge is 0.422 e. The number of hydrogen-bond donors (Lipinski definition) is 1. The Labute approximate surface area is 166 Å². The average molecular weight is 383 g/mol. The molecule has 2 heterocycles.